The molecule has 0 bridgehead atoms. The Morgan fingerprint density at radius 3 is 2.77 bits per heavy atom. The first-order valence-electron chi connectivity index (χ1n) is 7.74. The maximum atomic E-state index is 12.4. The molecule has 2 aliphatic heterocycles. The fraction of sp³-hybridized carbons (Fsp3) is 0.529. The molecule has 0 atom stereocenters. The van der Waals surface area contributed by atoms with Crippen LogP contribution in [0.15, 0.2) is 18.2 Å². The third-order valence-electron chi connectivity index (χ3n) is 4.65. The first-order chi connectivity index (χ1) is 10.5. The molecule has 2 heterocycles. The average Bonchev–Trinajstić information content (AvgIpc) is 2.48. The average molecular weight is 303 g/mol. The summed E-state index contributed by atoms with van der Waals surface area (Å²) in [4.78, 5) is 25.2. The highest BCUT2D eigenvalue weighted by molar-refractivity contribution is 6.00. The molecular weight excluding hydrogens is 282 g/mol. The van der Waals surface area contributed by atoms with Gasteiger partial charge in [0.15, 0.2) is 5.78 Å². The zero-order valence-corrected chi connectivity index (χ0v) is 12.8. The number of carboxylic acid groups (broad SMARTS) is 1. The van der Waals surface area contributed by atoms with E-state index in [0.29, 0.717) is 24.3 Å². The number of ketones is 1. The molecule has 0 saturated carbocycles. The van der Waals surface area contributed by atoms with Gasteiger partial charge in [0.25, 0.3) is 0 Å². The lowest BCUT2D eigenvalue weighted by Gasteiger charge is -2.44. The zero-order valence-electron chi connectivity index (χ0n) is 12.8. The van der Waals surface area contributed by atoms with E-state index in [0.717, 1.165) is 31.5 Å². The van der Waals surface area contributed by atoms with Gasteiger partial charge in [-0.25, -0.2) is 0 Å². The number of ether oxygens (including phenoxy) is 1. The van der Waals surface area contributed by atoms with Crippen molar-refractivity contribution in [1.29, 1.82) is 0 Å². The number of hydrogen-bond donors (Lipinski definition) is 1. The molecule has 0 radical (unpaired) electrons. The van der Waals surface area contributed by atoms with Crippen LogP contribution in [0, 0.1) is 6.92 Å². The number of likely N-dealkylation sites (tertiary alicyclic amines) is 1. The molecule has 0 aliphatic carbocycles. The minimum absolute atomic E-state index is 0.156. The first-order valence-corrected chi connectivity index (χ1v) is 7.74. The van der Waals surface area contributed by atoms with Crippen LogP contribution >= 0.6 is 0 Å². The molecule has 0 unspecified atom stereocenters. The topological polar surface area (TPSA) is 66.8 Å². The van der Waals surface area contributed by atoms with Gasteiger partial charge in [-0.15, -0.1) is 0 Å². The van der Waals surface area contributed by atoms with Crippen molar-refractivity contribution in [1.82, 2.24) is 4.90 Å². The van der Waals surface area contributed by atoms with E-state index in [-0.39, 0.29) is 12.2 Å². The van der Waals surface area contributed by atoms with E-state index >= 15 is 0 Å². The summed E-state index contributed by atoms with van der Waals surface area (Å²) in [5.74, 6) is 0.0819. The highest BCUT2D eigenvalue weighted by atomic mass is 16.5. The quantitative estimate of drug-likeness (QED) is 0.928. The highest BCUT2D eigenvalue weighted by Crippen LogP contribution is 2.39. The lowest BCUT2D eigenvalue weighted by atomic mass is 9.82. The molecule has 1 spiro atoms. The molecule has 5 nitrogen and oxygen atoms in total. The van der Waals surface area contributed by atoms with E-state index < -0.39 is 11.6 Å². The molecule has 1 aromatic rings. The highest BCUT2D eigenvalue weighted by Gasteiger charge is 2.42. The van der Waals surface area contributed by atoms with Crippen LogP contribution in [0.5, 0.6) is 5.75 Å². The summed E-state index contributed by atoms with van der Waals surface area (Å²) < 4.78 is 6.20. The van der Waals surface area contributed by atoms with Gasteiger partial charge in [-0.1, -0.05) is 11.6 Å². The van der Waals surface area contributed by atoms with Crippen molar-refractivity contribution in [2.45, 2.75) is 38.2 Å². The van der Waals surface area contributed by atoms with Gasteiger partial charge in [0.2, 0.25) is 0 Å². The largest absolute Gasteiger partial charge is 0.486 e. The number of aryl methyl sites for hydroxylation is 1. The normalized spacial score (nSPS) is 20.5. The molecule has 0 amide bonds. The number of nitrogens with zero attached hydrogens (tertiary/aromatic N) is 1. The summed E-state index contributed by atoms with van der Waals surface area (Å²) in [6.45, 7) is 4.09. The SMILES string of the molecule is Cc1ccc2c(c1)C(=O)CC1(CCN(CCC(=O)O)CC1)O2. The van der Waals surface area contributed by atoms with E-state index in [4.69, 9.17) is 9.84 Å². The fourth-order valence-corrected chi connectivity index (χ4v) is 3.32. The van der Waals surface area contributed by atoms with Crippen LogP contribution in [-0.2, 0) is 4.79 Å². The Morgan fingerprint density at radius 2 is 2.09 bits per heavy atom. The lowest BCUT2D eigenvalue weighted by Crippen LogP contribution is -2.51. The molecule has 1 saturated heterocycles. The number of aliphatic carboxylic acids is 1. The second kappa shape index (κ2) is 5.72. The monoisotopic (exact) mass is 303 g/mol. The van der Waals surface area contributed by atoms with Crippen molar-refractivity contribution in [2.24, 2.45) is 0 Å². The van der Waals surface area contributed by atoms with Gasteiger partial charge in [0.1, 0.15) is 11.4 Å². The zero-order chi connectivity index (χ0) is 15.7. The summed E-state index contributed by atoms with van der Waals surface area (Å²) in [6, 6.07) is 5.75. The number of benzene rings is 1. The number of hydrogen-bond acceptors (Lipinski definition) is 4. The number of carbonyl (C=O) groups is 2. The second-order valence-corrected chi connectivity index (χ2v) is 6.37. The molecule has 0 aromatic heterocycles. The summed E-state index contributed by atoms with van der Waals surface area (Å²) >= 11 is 0. The summed E-state index contributed by atoms with van der Waals surface area (Å²) in [5.41, 5.74) is 1.35. The second-order valence-electron chi connectivity index (χ2n) is 6.37. The lowest BCUT2D eigenvalue weighted by molar-refractivity contribution is -0.137. The van der Waals surface area contributed by atoms with E-state index in [1.165, 1.54) is 0 Å². The molecule has 5 heteroatoms. The van der Waals surface area contributed by atoms with Crippen LogP contribution in [-0.4, -0.2) is 47.0 Å². The summed E-state index contributed by atoms with van der Waals surface area (Å²) in [5, 5.41) is 8.76. The molecule has 1 aromatic carbocycles. The van der Waals surface area contributed by atoms with E-state index in [1.54, 1.807) is 0 Å². The van der Waals surface area contributed by atoms with E-state index in [2.05, 4.69) is 4.90 Å². The number of rotatable bonds is 3. The minimum atomic E-state index is -0.770. The van der Waals surface area contributed by atoms with Crippen molar-refractivity contribution in [2.75, 3.05) is 19.6 Å². The molecule has 118 valence electrons. The Labute approximate surface area is 129 Å². The molecule has 1 fully saturated rings. The van der Waals surface area contributed by atoms with E-state index in [1.807, 2.05) is 25.1 Å². The smallest absolute Gasteiger partial charge is 0.304 e. The van der Waals surface area contributed by atoms with Crippen LogP contribution in [0.4, 0.5) is 0 Å². The molecular formula is C17H21NO4. The maximum Gasteiger partial charge on any atom is 0.304 e. The number of piperidine rings is 1. The Bertz CT molecular complexity index is 603. The van der Waals surface area contributed by atoms with Crippen LogP contribution in [0.2, 0.25) is 0 Å². The fourth-order valence-electron chi connectivity index (χ4n) is 3.32. The van der Waals surface area contributed by atoms with Gasteiger partial charge >= 0.3 is 5.97 Å². The number of carboxylic acids is 1. The van der Waals surface area contributed by atoms with Crippen molar-refractivity contribution in [3.05, 3.63) is 29.3 Å². The molecule has 2 aliphatic rings. The Kier molecular flexibility index (Phi) is 3.91. The van der Waals surface area contributed by atoms with Crippen molar-refractivity contribution < 1.29 is 19.4 Å². The Hall–Kier alpha value is -1.88. The van der Waals surface area contributed by atoms with Crippen LogP contribution in [0.1, 0.15) is 41.6 Å². The molecule has 22 heavy (non-hydrogen) atoms. The van der Waals surface area contributed by atoms with Crippen molar-refractivity contribution in [3.63, 3.8) is 0 Å². The Morgan fingerprint density at radius 1 is 1.36 bits per heavy atom. The predicted molar refractivity (Wildman–Crippen MR) is 81.4 cm³/mol. The van der Waals surface area contributed by atoms with E-state index in [9.17, 15) is 9.59 Å². The molecule has 1 N–H and O–H groups in total. The van der Waals surface area contributed by atoms with Crippen molar-refractivity contribution >= 4 is 11.8 Å². The maximum absolute atomic E-state index is 12.4. The van der Waals surface area contributed by atoms with Gasteiger partial charge in [0, 0.05) is 32.5 Å². The number of fused-ring (bicyclic) bond motifs is 1. The van der Waals surface area contributed by atoms with Crippen LogP contribution in [0.3, 0.4) is 0 Å². The first kappa shape index (κ1) is 15.0. The third kappa shape index (κ3) is 2.99. The third-order valence-corrected chi connectivity index (χ3v) is 4.65. The van der Waals surface area contributed by atoms with Gasteiger partial charge in [-0.05, 0) is 19.1 Å². The van der Waals surface area contributed by atoms with Gasteiger partial charge in [-0.2, -0.15) is 0 Å². The van der Waals surface area contributed by atoms with Crippen molar-refractivity contribution in [3.8, 4) is 5.75 Å². The number of Topliss-reactive ketones (excluding diaryl/α,β-unsaturated/α-hetero) is 1. The van der Waals surface area contributed by atoms with Gasteiger partial charge in [-0.3, -0.25) is 9.59 Å². The predicted octanol–water partition coefficient (Wildman–Crippen LogP) is 2.27. The van der Waals surface area contributed by atoms with Crippen LogP contribution in [0.25, 0.3) is 0 Å². The van der Waals surface area contributed by atoms with Gasteiger partial charge < -0.3 is 14.7 Å². The Balaban J connectivity index is 1.68. The standard InChI is InChI=1S/C17H21NO4/c1-12-2-3-15-13(10-12)14(19)11-17(22-15)5-8-18(9-6-17)7-4-16(20)21/h2-3,10H,4-9,11H2,1H3,(H,20,21). The van der Waals surface area contributed by atoms with Gasteiger partial charge in [0.05, 0.1) is 18.4 Å². The minimum Gasteiger partial charge on any atom is -0.486 e. The summed E-state index contributed by atoms with van der Waals surface area (Å²) in [7, 11) is 0. The summed E-state index contributed by atoms with van der Waals surface area (Å²) in [6.07, 6.45) is 2.13. The molecule has 3 rings (SSSR count). The van der Waals surface area contributed by atoms with Crippen LogP contribution < -0.4 is 4.74 Å². The number of carbonyl (C=O) groups excluding carboxylic acids is 1.